The molecular formula is C19H27NO5. The first-order valence-electron chi connectivity index (χ1n) is 8.20. The molecule has 1 aromatic carbocycles. The van der Waals surface area contributed by atoms with Gasteiger partial charge in [-0.3, -0.25) is 9.59 Å². The third kappa shape index (κ3) is 7.37. The van der Waals surface area contributed by atoms with Crippen molar-refractivity contribution in [2.75, 3.05) is 7.11 Å². The predicted octanol–water partition coefficient (Wildman–Crippen LogP) is 2.70. The molecule has 0 unspecified atom stereocenters. The zero-order valence-corrected chi connectivity index (χ0v) is 15.8. The number of esters is 2. The van der Waals surface area contributed by atoms with Crippen molar-refractivity contribution in [1.82, 2.24) is 5.32 Å². The minimum absolute atomic E-state index is 0.00413. The molecule has 0 aliphatic rings. The molecule has 0 spiro atoms. The largest absolute Gasteiger partial charge is 0.467 e. The van der Waals surface area contributed by atoms with E-state index < -0.39 is 23.6 Å². The number of amides is 1. The number of aryl methyl sites for hydroxylation is 2. The Labute approximate surface area is 148 Å². The third-order valence-electron chi connectivity index (χ3n) is 3.33. The summed E-state index contributed by atoms with van der Waals surface area (Å²) in [7, 11) is 1.24. The number of nitrogens with one attached hydrogen (secondary N) is 1. The molecule has 0 saturated carbocycles. The highest BCUT2D eigenvalue weighted by Crippen LogP contribution is 2.12. The molecule has 1 atom stereocenters. The molecule has 0 aliphatic heterocycles. The highest BCUT2D eigenvalue weighted by Gasteiger charge is 2.25. The molecule has 0 bridgehead atoms. The van der Waals surface area contributed by atoms with Crippen LogP contribution in [0.15, 0.2) is 18.2 Å². The van der Waals surface area contributed by atoms with Crippen molar-refractivity contribution in [3.63, 3.8) is 0 Å². The van der Waals surface area contributed by atoms with E-state index in [2.05, 4.69) is 5.32 Å². The number of ether oxygens (including phenoxy) is 2. The molecule has 1 rings (SSSR count). The molecule has 6 nitrogen and oxygen atoms in total. The number of carbonyl (C=O) groups is 3. The highest BCUT2D eigenvalue weighted by atomic mass is 16.6. The Balaban J connectivity index is 2.77. The molecule has 0 aromatic heterocycles. The number of methoxy groups -OCH3 is 1. The molecule has 1 N–H and O–H groups in total. The minimum atomic E-state index is -0.911. The molecule has 0 saturated heterocycles. The van der Waals surface area contributed by atoms with Gasteiger partial charge in [0.05, 0.1) is 7.11 Å². The summed E-state index contributed by atoms with van der Waals surface area (Å²) in [6, 6.07) is 4.53. The molecule has 138 valence electrons. The molecule has 1 amide bonds. The number of benzene rings is 1. The molecule has 25 heavy (non-hydrogen) atoms. The molecule has 1 aromatic rings. The quantitative estimate of drug-likeness (QED) is 0.799. The maximum absolute atomic E-state index is 12.4. The van der Waals surface area contributed by atoms with E-state index in [0.717, 1.165) is 11.1 Å². The van der Waals surface area contributed by atoms with Crippen molar-refractivity contribution in [2.45, 2.75) is 59.1 Å². The molecule has 0 fully saturated rings. The number of hydrogen-bond acceptors (Lipinski definition) is 5. The number of carbonyl (C=O) groups excluding carboxylic acids is 3. The van der Waals surface area contributed by atoms with Crippen LogP contribution >= 0.6 is 0 Å². The smallest absolute Gasteiger partial charge is 0.328 e. The van der Waals surface area contributed by atoms with Crippen molar-refractivity contribution >= 4 is 17.8 Å². The minimum Gasteiger partial charge on any atom is -0.467 e. The van der Waals surface area contributed by atoms with E-state index in [0.29, 0.717) is 5.56 Å². The SMILES string of the molecule is COC(=O)[C@H](CCC(=O)OC(C)(C)C)NC(=O)c1cc(C)cc(C)c1. The molecule has 6 heteroatoms. The molecule has 0 heterocycles. The Bertz CT molecular complexity index is 625. The summed E-state index contributed by atoms with van der Waals surface area (Å²) in [6.45, 7) is 9.09. The van der Waals surface area contributed by atoms with Crippen molar-refractivity contribution in [3.8, 4) is 0 Å². The van der Waals surface area contributed by atoms with E-state index in [4.69, 9.17) is 9.47 Å². The van der Waals surface area contributed by atoms with Gasteiger partial charge in [-0.25, -0.2) is 4.79 Å². The van der Waals surface area contributed by atoms with Crippen LogP contribution in [0.1, 0.15) is 55.1 Å². The van der Waals surface area contributed by atoms with E-state index in [1.54, 1.807) is 32.9 Å². The van der Waals surface area contributed by atoms with Gasteiger partial charge in [-0.1, -0.05) is 17.2 Å². The lowest BCUT2D eigenvalue weighted by Gasteiger charge is -2.21. The maximum Gasteiger partial charge on any atom is 0.328 e. The van der Waals surface area contributed by atoms with Crippen LogP contribution in [0.5, 0.6) is 0 Å². The fourth-order valence-electron chi connectivity index (χ4n) is 2.39. The van der Waals surface area contributed by atoms with Gasteiger partial charge >= 0.3 is 11.9 Å². The molecular weight excluding hydrogens is 322 g/mol. The van der Waals surface area contributed by atoms with Crippen LogP contribution in [0.3, 0.4) is 0 Å². The van der Waals surface area contributed by atoms with Crippen LogP contribution in [-0.4, -0.2) is 36.6 Å². The Kier molecular flexibility index (Phi) is 7.15. The van der Waals surface area contributed by atoms with Crippen molar-refractivity contribution in [3.05, 3.63) is 34.9 Å². The van der Waals surface area contributed by atoms with E-state index in [9.17, 15) is 14.4 Å². The normalized spacial score (nSPS) is 12.2. The summed E-state index contributed by atoms with van der Waals surface area (Å²) in [6.07, 6.45) is 0.113. The Hall–Kier alpha value is -2.37. The van der Waals surface area contributed by atoms with Gasteiger partial charge in [-0.2, -0.15) is 0 Å². The van der Waals surface area contributed by atoms with Crippen LogP contribution < -0.4 is 5.32 Å². The lowest BCUT2D eigenvalue weighted by molar-refractivity contribution is -0.155. The maximum atomic E-state index is 12.4. The van der Waals surface area contributed by atoms with E-state index in [1.807, 2.05) is 19.9 Å². The Morgan fingerprint density at radius 2 is 1.64 bits per heavy atom. The third-order valence-corrected chi connectivity index (χ3v) is 3.33. The van der Waals surface area contributed by atoms with Gasteiger partial charge in [0.15, 0.2) is 0 Å². The molecule has 0 radical (unpaired) electrons. The lowest BCUT2D eigenvalue weighted by atomic mass is 10.1. The topological polar surface area (TPSA) is 81.7 Å². The fraction of sp³-hybridized carbons (Fsp3) is 0.526. The average molecular weight is 349 g/mol. The summed E-state index contributed by atoms with van der Waals surface area (Å²) >= 11 is 0. The van der Waals surface area contributed by atoms with Crippen molar-refractivity contribution < 1.29 is 23.9 Å². The number of rotatable bonds is 6. The summed E-state index contributed by atoms with van der Waals surface area (Å²) in [4.78, 5) is 36.2. The van der Waals surface area contributed by atoms with Gasteiger partial charge < -0.3 is 14.8 Å². The zero-order chi connectivity index (χ0) is 19.2. The first-order chi connectivity index (χ1) is 11.5. The van der Waals surface area contributed by atoms with E-state index >= 15 is 0 Å². The van der Waals surface area contributed by atoms with Gasteiger partial charge in [-0.05, 0) is 53.2 Å². The van der Waals surface area contributed by atoms with E-state index in [1.165, 1.54) is 7.11 Å². The van der Waals surface area contributed by atoms with Gasteiger partial charge in [0, 0.05) is 12.0 Å². The fourth-order valence-corrected chi connectivity index (χ4v) is 2.39. The van der Waals surface area contributed by atoms with Gasteiger partial charge in [0.1, 0.15) is 11.6 Å². The monoisotopic (exact) mass is 349 g/mol. The van der Waals surface area contributed by atoms with Crippen LogP contribution in [0, 0.1) is 13.8 Å². The van der Waals surface area contributed by atoms with Crippen molar-refractivity contribution in [1.29, 1.82) is 0 Å². The van der Waals surface area contributed by atoms with Crippen molar-refractivity contribution in [2.24, 2.45) is 0 Å². The first kappa shape index (κ1) is 20.7. The van der Waals surface area contributed by atoms with Gasteiger partial charge in [-0.15, -0.1) is 0 Å². The van der Waals surface area contributed by atoms with Crippen LogP contribution in [0.25, 0.3) is 0 Å². The lowest BCUT2D eigenvalue weighted by Crippen LogP contribution is -2.42. The van der Waals surface area contributed by atoms with Crippen LogP contribution in [-0.2, 0) is 19.1 Å². The second kappa shape index (κ2) is 8.65. The predicted molar refractivity (Wildman–Crippen MR) is 94.3 cm³/mol. The summed E-state index contributed by atoms with van der Waals surface area (Å²) < 4.78 is 9.94. The molecule has 0 aliphatic carbocycles. The van der Waals surface area contributed by atoms with Gasteiger partial charge in [0.2, 0.25) is 0 Å². The second-order valence-electron chi connectivity index (χ2n) is 7.05. The Morgan fingerprint density at radius 1 is 1.08 bits per heavy atom. The van der Waals surface area contributed by atoms with E-state index in [-0.39, 0.29) is 18.7 Å². The van der Waals surface area contributed by atoms with Gasteiger partial charge in [0.25, 0.3) is 5.91 Å². The standard InChI is InChI=1S/C19H27NO5/c1-12-9-13(2)11-14(10-12)17(22)20-15(18(23)24-6)7-8-16(21)25-19(3,4)5/h9-11,15H,7-8H2,1-6H3,(H,20,22)/t15-/m0/s1. The first-order valence-corrected chi connectivity index (χ1v) is 8.20. The van der Waals surface area contributed by atoms with Crippen LogP contribution in [0.4, 0.5) is 0 Å². The average Bonchev–Trinajstić information content (AvgIpc) is 2.47. The highest BCUT2D eigenvalue weighted by molar-refractivity contribution is 5.97. The Morgan fingerprint density at radius 3 is 2.12 bits per heavy atom. The summed E-state index contributed by atoms with van der Waals surface area (Å²) in [5.74, 6) is -1.41. The van der Waals surface area contributed by atoms with Crippen LogP contribution in [0.2, 0.25) is 0 Å². The number of hydrogen-bond donors (Lipinski definition) is 1. The summed E-state index contributed by atoms with van der Waals surface area (Å²) in [5, 5.41) is 2.64. The zero-order valence-electron chi connectivity index (χ0n) is 15.8. The second-order valence-corrected chi connectivity index (χ2v) is 7.05. The summed E-state index contributed by atoms with van der Waals surface area (Å²) in [5.41, 5.74) is 1.77.